The van der Waals surface area contributed by atoms with Gasteiger partial charge in [0, 0.05) is 11.8 Å². The van der Waals surface area contributed by atoms with Crippen LogP contribution in [-0.4, -0.2) is 5.88 Å². The average Bonchev–Trinajstić information content (AvgIpc) is 2.63. The lowest BCUT2D eigenvalue weighted by Crippen LogP contribution is -2.02. The van der Waals surface area contributed by atoms with E-state index in [-0.39, 0.29) is 5.41 Å². The Morgan fingerprint density at radius 1 is 2.00 bits per heavy atom. The lowest BCUT2D eigenvalue weighted by molar-refractivity contribution is 0.704. The molecule has 1 saturated carbocycles. The van der Waals surface area contributed by atoms with Crippen molar-refractivity contribution in [1.82, 2.24) is 0 Å². The monoisotopic (exact) mass is 155 g/mol. The minimum atomic E-state index is -0.257. The van der Waals surface area contributed by atoms with Gasteiger partial charge in [-0.25, -0.2) is 0 Å². The molecule has 2 unspecified atom stereocenters. The van der Waals surface area contributed by atoms with Gasteiger partial charge in [0.05, 0.1) is 11.5 Å². The van der Waals surface area contributed by atoms with E-state index in [4.69, 9.17) is 16.9 Å². The lowest BCUT2D eigenvalue weighted by atomic mass is 10.1. The molecule has 1 aliphatic carbocycles. The topological polar surface area (TPSA) is 23.8 Å². The number of nitrogens with zero attached hydrogens (tertiary/aromatic N) is 1. The van der Waals surface area contributed by atoms with Gasteiger partial charge in [0.25, 0.3) is 0 Å². The second-order valence-electron chi connectivity index (χ2n) is 3.00. The number of nitriles is 1. The molecule has 1 fully saturated rings. The highest BCUT2D eigenvalue weighted by molar-refractivity contribution is 6.18. The summed E-state index contributed by atoms with van der Waals surface area (Å²) in [6, 6.07) is 2.24. The third-order valence-corrected chi connectivity index (χ3v) is 2.61. The van der Waals surface area contributed by atoms with E-state index in [1.165, 1.54) is 0 Å². The van der Waals surface area contributed by atoms with Crippen molar-refractivity contribution in [2.24, 2.45) is 11.3 Å². The summed E-state index contributed by atoms with van der Waals surface area (Å²) in [7, 11) is 0. The predicted molar refractivity (Wildman–Crippen MR) is 41.7 cm³/mol. The highest BCUT2D eigenvalue weighted by atomic mass is 35.5. The summed E-state index contributed by atoms with van der Waals surface area (Å²) < 4.78 is 0. The van der Waals surface area contributed by atoms with Crippen molar-refractivity contribution >= 4 is 11.6 Å². The van der Waals surface area contributed by atoms with Crippen molar-refractivity contribution in [3.8, 4) is 6.07 Å². The van der Waals surface area contributed by atoms with Crippen LogP contribution in [0.25, 0.3) is 0 Å². The normalized spacial score (nSPS) is 36.7. The van der Waals surface area contributed by atoms with Crippen LogP contribution in [0.15, 0.2) is 12.2 Å². The molecule has 54 valence electrons. The molecule has 1 aliphatic rings. The number of hydrogen-bond acceptors (Lipinski definition) is 1. The summed E-state index contributed by atoms with van der Waals surface area (Å²) in [6.45, 7) is 5.75. The van der Waals surface area contributed by atoms with E-state index < -0.39 is 0 Å². The van der Waals surface area contributed by atoms with Crippen molar-refractivity contribution in [3.05, 3.63) is 12.2 Å². The lowest BCUT2D eigenvalue weighted by Gasteiger charge is -2.00. The first-order valence-corrected chi connectivity index (χ1v) is 3.82. The largest absolute Gasteiger partial charge is 0.198 e. The van der Waals surface area contributed by atoms with E-state index in [2.05, 4.69) is 12.6 Å². The molecule has 0 amide bonds. The first-order valence-electron chi connectivity index (χ1n) is 3.29. The van der Waals surface area contributed by atoms with Crippen molar-refractivity contribution in [1.29, 1.82) is 5.26 Å². The molecule has 10 heavy (non-hydrogen) atoms. The zero-order valence-corrected chi connectivity index (χ0v) is 6.78. The standard InChI is InChI=1S/C8H10ClN/c1-6(2)7-3-8(7,4-9)5-10/h7H,1,3-4H2,2H3. The summed E-state index contributed by atoms with van der Waals surface area (Å²) in [5.41, 5.74) is 0.829. The van der Waals surface area contributed by atoms with Crippen LogP contribution < -0.4 is 0 Å². The molecule has 0 aromatic heterocycles. The zero-order valence-electron chi connectivity index (χ0n) is 6.02. The smallest absolute Gasteiger partial charge is 0.0780 e. The Morgan fingerprint density at radius 2 is 2.60 bits per heavy atom. The molecule has 1 rings (SSSR count). The minimum Gasteiger partial charge on any atom is -0.198 e. The van der Waals surface area contributed by atoms with Crippen LogP contribution in [-0.2, 0) is 0 Å². The number of rotatable bonds is 2. The molecule has 0 aliphatic heterocycles. The minimum absolute atomic E-state index is 0.257. The fraction of sp³-hybridized carbons (Fsp3) is 0.625. The fourth-order valence-electron chi connectivity index (χ4n) is 1.25. The van der Waals surface area contributed by atoms with E-state index in [0.29, 0.717) is 11.8 Å². The highest BCUT2D eigenvalue weighted by Gasteiger charge is 2.54. The van der Waals surface area contributed by atoms with Crippen LogP contribution in [0.5, 0.6) is 0 Å². The Bertz CT molecular complexity index is 204. The van der Waals surface area contributed by atoms with Crippen LogP contribution in [0.3, 0.4) is 0 Å². The third-order valence-electron chi connectivity index (χ3n) is 2.13. The summed E-state index contributed by atoms with van der Waals surface area (Å²) >= 11 is 5.63. The molecule has 1 nitrogen and oxygen atoms in total. The molecule has 0 spiro atoms. The van der Waals surface area contributed by atoms with Gasteiger partial charge in [0.2, 0.25) is 0 Å². The molecule has 0 bridgehead atoms. The summed E-state index contributed by atoms with van der Waals surface area (Å²) in [6.07, 6.45) is 0.905. The third kappa shape index (κ3) is 0.932. The Balaban J connectivity index is 2.64. The molecule has 0 radical (unpaired) electrons. The van der Waals surface area contributed by atoms with Gasteiger partial charge in [0.15, 0.2) is 0 Å². The number of halogens is 1. The molecular weight excluding hydrogens is 146 g/mol. The quantitative estimate of drug-likeness (QED) is 0.444. The summed E-state index contributed by atoms with van der Waals surface area (Å²) in [4.78, 5) is 0. The first kappa shape index (κ1) is 7.63. The fourth-order valence-corrected chi connectivity index (χ4v) is 1.61. The van der Waals surface area contributed by atoms with E-state index in [9.17, 15) is 0 Å². The van der Waals surface area contributed by atoms with Crippen LogP contribution in [0.4, 0.5) is 0 Å². The molecule has 2 atom stereocenters. The molecule has 0 saturated heterocycles. The maximum Gasteiger partial charge on any atom is 0.0780 e. The number of hydrogen-bond donors (Lipinski definition) is 0. The second-order valence-corrected chi connectivity index (χ2v) is 3.27. The van der Waals surface area contributed by atoms with Gasteiger partial charge in [-0.15, -0.1) is 11.6 Å². The molecular formula is C8H10ClN. The van der Waals surface area contributed by atoms with Gasteiger partial charge < -0.3 is 0 Å². The average molecular weight is 156 g/mol. The van der Waals surface area contributed by atoms with E-state index in [0.717, 1.165) is 12.0 Å². The Hall–Kier alpha value is -0.480. The Kier molecular flexibility index (Phi) is 1.74. The first-order chi connectivity index (χ1) is 4.66. The van der Waals surface area contributed by atoms with Crippen molar-refractivity contribution in [3.63, 3.8) is 0 Å². The molecule has 0 aromatic carbocycles. The summed E-state index contributed by atoms with van der Waals surface area (Å²) in [5.74, 6) is 0.802. The molecule has 2 heteroatoms. The number of alkyl halides is 1. The molecule has 0 N–H and O–H groups in total. The van der Waals surface area contributed by atoms with Gasteiger partial charge in [-0.05, 0) is 13.3 Å². The van der Waals surface area contributed by atoms with E-state index in [1.807, 2.05) is 6.92 Å². The van der Waals surface area contributed by atoms with Crippen LogP contribution >= 0.6 is 11.6 Å². The maximum atomic E-state index is 8.70. The Morgan fingerprint density at radius 3 is 2.70 bits per heavy atom. The second kappa shape index (κ2) is 2.29. The molecule has 0 heterocycles. The number of allylic oxidation sites excluding steroid dienone is 1. The van der Waals surface area contributed by atoms with Crippen molar-refractivity contribution in [2.45, 2.75) is 13.3 Å². The van der Waals surface area contributed by atoms with Crippen molar-refractivity contribution < 1.29 is 0 Å². The van der Waals surface area contributed by atoms with Gasteiger partial charge in [-0.2, -0.15) is 5.26 Å². The van der Waals surface area contributed by atoms with Crippen LogP contribution in [0.2, 0.25) is 0 Å². The van der Waals surface area contributed by atoms with Crippen LogP contribution in [0, 0.1) is 22.7 Å². The summed E-state index contributed by atoms with van der Waals surface area (Å²) in [5, 5.41) is 8.70. The van der Waals surface area contributed by atoms with Gasteiger partial charge >= 0.3 is 0 Å². The van der Waals surface area contributed by atoms with Crippen molar-refractivity contribution in [2.75, 3.05) is 5.88 Å². The zero-order chi connectivity index (χ0) is 7.78. The maximum absolute atomic E-state index is 8.70. The van der Waals surface area contributed by atoms with Crippen LogP contribution in [0.1, 0.15) is 13.3 Å². The van der Waals surface area contributed by atoms with Gasteiger partial charge in [0.1, 0.15) is 0 Å². The SMILES string of the molecule is C=C(C)C1CC1(C#N)CCl. The molecule has 0 aromatic rings. The highest BCUT2D eigenvalue weighted by Crippen LogP contribution is 2.56. The van der Waals surface area contributed by atoms with Gasteiger partial charge in [-0.1, -0.05) is 12.2 Å². The van der Waals surface area contributed by atoms with E-state index >= 15 is 0 Å². The predicted octanol–water partition coefficient (Wildman–Crippen LogP) is 2.33. The Labute approximate surface area is 66.3 Å². The van der Waals surface area contributed by atoms with E-state index in [1.54, 1.807) is 0 Å². The van der Waals surface area contributed by atoms with Gasteiger partial charge in [-0.3, -0.25) is 0 Å².